The molecule has 100 valence electrons. The van der Waals surface area contributed by atoms with Crippen molar-refractivity contribution in [3.05, 3.63) is 30.3 Å². The lowest BCUT2D eigenvalue weighted by atomic mass is 9.90. The van der Waals surface area contributed by atoms with Crippen LogP contribution in [0.4, 0.5) is 5.69 Å². The molecule has 5 heteroatoms. The lowest BCUT2D eigenvalue weighted by molar-refractivity contribution is -0.181. The van der Waals surface area contributed by atoms with Gasteiger partial charge in [0.15, 0.2) is 6.23 Å². The molecule has 1 fully saturated rings. The Hall–Kier alpha value is -1.90. The van der Waals surface area contributed by atoms with E-state index in [1.54, 1.807) is 19.1 Å². The minimum absolute atomic E-state index is 0.283. The Balaban J connectivity index is 2.33. The summed E-state index contributed by atoms with van der Waals surface area (Å²) in [5, 5.41) is 9.30. The summed E-state index contributed by atoms with van der Waals surface area (Å²) in [6.07, 6.45) is -0.697. The Labute approximate surface area is 112 Å². The molecular weight excluding hydrogens is 244 g/mol. The van der Waals surface area contributed by atoms with Crippen LogP contribution in [0.2, 0.25) is 0 Å². The first-order valence-electron chi connectivity index (χ1n) is 6.26. The Morgan fingerprint density at radius 2 is 2.00 bits per heavy atom. The van der Waals surface area contributed by atoms with Gasteiger partial charge in [-0.1, -0.05) is 18.2 Å². The van der Waals surface area contributed by atoms with Crippen molar-refractivity contribution < 1.29 is 14.3 Å². The highest BCUT2D eigenvalue weighted by Crippen LogP contribution is 2.38. The second-order valence-electron chi connectivity index (χ2n) is 4.10. The fraction of sp³-hybridized carbons (Fsp3) is 0.429. The fourth-order valence-corrected chi connectivity index (χ4v) is 2.19. The topological polar surface area (TPSA) is 62.6 Å². The van der Waals surface area contributed by atoms with Crippen LogP contribution in [0.25, 0.3) is 0 Å². The number of nitrogens with zero attached hydrogens (tertiary/aromatic N) is 2. The van der Waals surface area contributed by atoms with E-state index in [1.165, 1.54) is 4.90 Å². The number of carbonyl (C=O) groups excluding carboxylic acids is 1. The van der Waals surface area contributed by atoms with Crippen LogP contribution in [-0.2, 0) is 14.3 Å². The van der Waals surface area contributed by atoms with Crippen LogP contribution in [0.15, 0.2) is 30.3 Å². The molecule has 0 N–H and O–H groups in total. The molecule has 0 unspecified atom stereocenters. The van der Waals surface area contributed by atoms with E-state index in [2.05, 4.69) is 0 Å². The van der Waals surface area contributed by atoms with Crippen molar-refractivity contribution in [2.45, 2.75) is 25.7 Å². The summed E-state index contributed by atoms with van der Waals surface area (Å²) in [5.41, 5.74) is -0.808. The average Bonchev–Trinajstić information content (AvgIpc) is 2.45. The second-order valence-corrected chi connectivity index (χ2v) is 4.10. The van der Waals surface area contributed by atoms with E-state index in [0.29, 0.717) is 12.3 Å². The van der Waals surface area contributed by atoms with Crippen molar-refractivity contribution >= 4 is 11.6 Å². The van der Waals surface area contributed by atoms with Crippen molar-refractivity contribution in [2.24, 2.45) is 0 Å². The summed E-state index contributed by atoms with van der Waals surface area (Å²) in [6, 6.07) is 11.1. The summed E-state index contributed by atoms with van der Waals surface area (Å²) in [6.45, 7) is 4.25. The van der Waals surface area contributed by atoms with Crippen LogP contribution in [0.1, 0.15) is 13.8 Å². The third-order valence-electron chi connectivity index (χ3n) is 3.02. The van der Waals surface area contributed by atoms with E-state index in [9.17, 15) is 10.1 Å². The highest BCUT2D eigenvalue weighted by Gasteiger charge is 2.64. The largest absolute Gasteiger partial charge is 0.353 e. The monoisotopic (exact) mass is 260 g/mol. The molecule has 1 amide bonds. The number of hydrogen-bond acceptors (Lipinski definition) is 4. The molecule has 1 saturated heterocycles. The minimum Gasteiger partial charge on any atom is -0.353 e. The summed E-state index contributed by atoms with van der Waals surface area (Å²) >= 11 is 0. The molecule has 5 nitrogen and oxygen atoms in total. The van der Waals surface area contributed by atoms with Gasteiger partial charge in [-0.3, -0.25) is 9.69 Å². The van der Waals surface area contributed by atoms with Gasteiger partial charge in [0.1, 0.15) is 6.07 Å². The van der Waals surface area contributed by atoms with Crippen molar-refractivity contribution in [3.8, 4) is 6.07 Å². The van der Waals surface area contributed by atoms with Crippen LogP contribution in [-0.4, -0.2) is 30.9 Å². The molecule has 0 aromatic heterocycles. The Bertz CT molecular complexity index is 497. The van der Waals surface area contributed by atoms with E-state index in [1.807, 2.05) is 31.2 Å². The van der Waals surface area contributed by atoms with Gasteiger partial charge in [0, 0.05) is 18.9 Å². The molecular formula is C14H16N2O3. The summed E-state index contributed by atoms with van der Waals surface area (Å²) in [5.74, 6) is -0.374. The molecule has 1 aliphatic heterocycles. The van der Waals surface area contributed by atoms with Crippen LogP contribution in [0, 0.1) is 11.3 Å². The maximum absolute atomic E-state index is 12.3. The van der Waals surface area contributed by atoms with E-state index < -0.39 is 11.8 Å². The van der Waals surface area contributed by atoms with E-state index in [4.69, 9.17) is 9.47 Å². The maximum atomic E-state index is 12.3. The van der Waals surface area contributed by atoms with Gasteiger partial charge in [0.25, 0.3) is 11.5 Å². The van der Waals surface area contributed by atoms with Crippen LogP contribution in [0.3, 0.4) is 0 Å². The molecule has 2 rings (SSSR count). The lowest BCUT2D eigenvalue weighted by Crippen LogP contribution is -2.75. The molecule has 0 saturated carbocycles. The molecule has 1 heterocycles. The lowest BCUT2D eigenvalue weighted by Gasteiger charge is -2.50. The molecule has 19 heavy (non-hydrogen) atoms. The van der Waals surface area contributed by atoms with Gasteiger partial charge >= 0.3 is 0 Å². The van der Waals surface area contributed by atoms with Crippen LogP contribution in [0.5, 0.6) is 0 Å². The van der Waals surface area contributed by atoms with Gasteiger partial charge in [-0.25, -0.2) is 0 Å². The number of ether oxygens (including phenoxy) is 2. The van der Waals surface area contributed by atoms with Crippen molar-refractivity contribution in [2.75, 3.05) is 18.1 Å². The second kappa shape index (κ2) is 5.39. The standard InChI is InChI=1S/C14H16N2O3/c1-3-18-13-14(10-15,19-4-2)12(17)16(13)11-8-6-5-7-9-11/h5-9,13H,3-4H2,1-2H3/t13-,14+/m1/s1. The molecule has 1 aromatic carbocycles. The first-order valence-corrected chi connectivity index (χ1v) is 6.26. The van der Waals surface area contributed by atoms with Gasteiger partial charge in [0.2, 0.25) is 0 Å². The number of nitriles is 1. The first-order chi connectivity index (χ1) is 9.21. The van der Waals surface area contributed by atoms with E-state index in [0.717, 1.165) is 0 Å². The number of amides is 1. The fourth-order valence-electron chi connectivity index (χ4n) is 2.19. The molecule has 0 aliphatic carbocycles. The summed E-state index contributed by atoms with van der Waals surface area (Å²) in [4.78, 5) is 13.7. The highest BCUT2D eigenvalue weighted by molar-refractivity contribution is 6.09. The van der Waals surface area contributed by atoms with Crippen molar-refractivity contribution in [3.63, 3.8) is 0 Å². The minimum atomic E-state index is -1.51. The van der Waals surface area contributed by atoms with Gasteiger partial charge in [-0.05, 0) is 26.0 Å². The number of hydrogen-bond donors (Lipinski definition) is 0. The van der Waals surface area contributed by atoms with Crippen LogP contribution < -0.4 is 4.90 Å². The van der Waals surface area contributed by atoms with Gasteiger partial charge in [-0.15, -0.1) is 0 Å². The molecule has 0 radical (unpaired) electrons. The van der Waals surface area contributed by atoms with Gasteiger partial charge in [0.05, 0.1) is 0 Å². The third-order valence-corrected chi connectivity index (χ3v) is 3.02. The number of para-hydroxylation sites is 1. The van der Waals surface area contributed by atoms with Gasteiger partial charge < -0.3 is 9.47 Å². The molecule has 1 aromatic rings. The molecule has 0 bridgehead atoms. The molecule has 2 atom stereocenters. The van der Waals surface area contributed by atoms with E-state index >= 15 is 0 Å². The predicted octanol–water partition coefficient (Wildman–Crippen LogP) is 1.69. The Morgan fingerprint density at radius 3 is 2.53 bits per heavy atom. The molecule has 1 aliphatic rings. The molecule has 0 spiro atoms. The summed E-state index contributed by atoms with van der Waals surface area (Å²) < 4.78 is 10.9. The zero-order valence-electron chi connectivity index (χ0n) is 11.0. The number of carbonyl (C=O) groups is 1. The zero-order valence-corrected chi connectivity index (χ0v) is 11.0. The van der Waals surface area contributed by atoms with Crippen molar-refractivity contribution in [1.82, 2.24) is 0 Å². The quantitative estimate of drug-likeness (QED) is 0.756. The number of β-lactam (4-membered cyclic amide) rings is 1. The zero-order chi connectivity index (χ0) is 13.9. The van der Waals surface area contributed by atoms with Crippen LogP contribution >= 0.6 is 0 Å². The first kappa shape index (κ1) is 13.5. The predicted molar refractivity (Wildman–Crippen MR) is 69.3 cm³/mol. The Morgan fingerprint density at radius 1 is 1.32 bits per heavy atom. The van der Waals surface area contributed by atoms with E-state index in [-0.39, 0.29) is 12.5 Å². The number of benzene rings is 1. The maximum Gasteiger partial charge on any atom is 0.281 e. The highest BCUT2D eigenvalue weighted by atomic mass is 16.6. The SMILES string of the molecule is CCO[C@H]1N(c2ccccc2)C(=O)[C@]1(C#N)OCC. The Kier molecular flexibility index (Phi) is 3.84. The smallest absolute Gasteiger partial charge is 0.281 e. The number of rotatable bonds is 5. The average molecular weight is 260 g/mol. The van der Waals surface area contributed by atoms with Gasteiger partial charge in [-0.2, -0.15) is 5.26 Å². The summed E-state index contributed by atoms with van der Waals surface area (Å²) in [7, 11) is 0. The van der Waals surface area contributed by atoms with Crippen molar-refractivity contribution in [1.29, 1.82) is 5.26 Å². The third kappa shape index (κ3) is 1.99. The normalized spacial score (nSPS) is 25.8. The number of anilines is 1.